The fourth-order valence-corrected chi connectivity index (χ4v) is 4.87. The van der Waals surface area contributed by atoms with Gasteiger partial charge in [0, 0.05) is 22.0 Å². The maximum atomic E-state index is 13.5. The summed E-state index contributed by atoms with van der Waals surface area (Å²) >= 11 is 6.28. The minimum atomic E-state index is -0.574. The number of guanidine groups is 1. The normalized spacial score (nSPS) is 14.4. The molecule has 5 N–H and O–H groups in total. The van der Waals surface area contributed by atoms with E-state index in [1.54, 1.807) is 35.2 Å². The topological polar surface area (TPSA) is 139 Å². The molecular formula is C29H32ClN7O2. The lowest BCUT2D eigenvalue weighted by molar-refractivity contribution is 0.100. The Bertz CT molecular complexity index is 1370. The Labute approximate surface area is 232 Å². The Morgan fingerprint density at radius 2 is 1.69 bits per heavy atom. The first-order chi connectivity index (χ1) is 18.8. The number of nitrogens with two attached hydrogens (primary N) is 2. The maximum absolute atomic E-state index is 13.5. The SMILES string of the molecule is Cc1ccc(NC(=O)N(Cc2ccc(C(=O)N=C(N)/N=N\N)cc2)c2ccc(C3CCCCC3)cc2)cc1Cl. The standard InChI is InChI=1S/C29H32ClN7O2/c1-19-7-14-24(17-26(19)30)33-29(39)37(25-15-12-22(13-16-25)21-5-3-2-4-6-21)18-20-8-10-23(11-9-20)27(38)34-28(31)35-36-32/h7-17,21H,2-6,18H2,1H3,(H,33,39)(H4,31,32,34,35,38). The van der Waals surface area contributed by atoms with Crippen molar-refractivity contribution in [2.24, 2.45) is 26.9 Å². The third-order valence-electron chi connectivity index (χ3n) is 6.87. The second-order valence-electron chi connectivity index (χ2n) is 9.59. The zero-order valence-corrected chi connectivity index (χ0v) is 22.6. The molecule has 0 unspecified atom stereocenters. The number of hydrogen-bond acceptors (Lipinski definition) is 3. The molecule has 3 aromatic carbocycles. The molecule has 1 fully saturated rings. The van der Waals surface area contributed by atoms with Crippen molar-refractivity contribution in [2.75, 3.05) is 10.2 Å². The van der Waals surface area contributed by atoms with Crippen molar-refractivity contribution in [3.63, 3.8) is 0 Å². The summed E-state index contributed by atoms with van der Waals surface area (Å²) in [7, 11) is 0. The van der Waals surface area contributed by atoms with Gasteiger partial charge in [-0.25, -0.2) is 4.79 Å². The molecule has 4 rings (SSSR count). The van der Waals surface area contributed by atoms with Crippen LogP contribution in [0.25, 0.3) is 0 Å². The predicted molar refractivity (Wildman–Crippen MR) is 155 cm³/mol. The molecule has 0 spiro atoms. The monoisotopic (exact) mass is 545 g/mol. The van der Waals surface area contributed by atoms with Crippen molar-refractivity contribution in [3.05, 3.63) is 94.0 Å². The lowest BCUT2D eigenvalue weighted by Crippen LogP contribution is -2.34. The van der Waals surface area contributed by atoms with Crippen LogP contribution < -0.4 is 21.8 Å². The Morgan fingerprint density at radius 1 is 1.00 bits per heavy atom. The van der Waals surface area contributed by atoms with Crippen molar-refractivity contribution in [1.29, 1.82) is 0 Å². The van der Waals surface area contributed by atoms with Crippen LogP contribution in [0.15, 0.2) is 82.1 Å². The summed E-state index contributed by atoms with van der Waals surface area (Å²) in [5.41, 5.74) is 10.2. The van der Waals surface area contributed by atoms with Crippen LogP contribution in [0.3, 0.4) is 0 Å². The minimum absolute atomic E-state index is 0.273. The number of halogens is 1. The highest BCUT2D eigenvalue weighted by atomic mass is 35.5. The van der Waals surface area contributed by atoms with Gasteiger partial charge in [0.05, 0.1) is 6.54 Å². The van der Waals surface area contributed by atoms with Gasteiger partial charge in [-0.2, -0.15) is 4.99 Å². The van der Waals surface area contributed by atoms with E-state index in [4.69, 9.17) is 23.2 Å². The van der Waals surface area contributed by atoms with Gasteiger partial charge in [-0.3, -0.25) is 9.69 Å². The first kappa shape index (κ1) is 27.8. The largest absolute Gasteiger partial charge is 0.366 e. The molecule has 0 saturated heterocycles. The minimum Gasteiger partial charge on any atom is -0.366 e. The van der Waals surface area contributed by atoms with E-state index in [9.17, 15) is 9.59 Å². The van der Waals surface area contributed by atoms with Gasteiger partial charge in [0.15, 0.2) is 0 Å². The second kappa shape index (κ2) is 13.0. The highest BCUT2D eigenvalue weighted by Gasteiger charge is 2.20. The van der Waals surface area contributed by atoms with E-state index < -0.39 is 5.91 Å². The molecule has 0 atom stereocenters. The summed E-state index contributed by atoms with van der Waals surface area (Å²) in [4.78, 5) is 31.1. The van der Waals surface area contributed by atoms with Crippen LogP contribution in [0.5, 0.6) is 0 Å². The molecule has 1 aliphatic rings. The Kier molecular flexibility index (Phi) is 9.27. The van der Waals surface area contributed by atoms with Gasteiger partial charge in [-0.05, 0) is 78.8 Å². The number of amides is 3. The second-order valence-corrected chi connectivity index (χ2v) is 10.0. The average Bonchev–Trinajstić information content (AvgIpc) is 2.94. The number of aliphatic imine (C=N–C) groups is 1. The Morgan fingerprint density at radius 3 is 2.33 bits per heavy atom. The fourth-order valence-electron chi connectivity index (χ4n) is 4.69. The van der Waals surface area contributed by atoms with E-state index in [2.05, 4.69) is 32.8 Å². The predicted octanol–water partition coefficient (Wildman–Crippen LogP) is 6.72. The quantitative estimate of drug-likeness (QED) is 0.104. The number of hydrogen-bond donors (Lipinski definition) is 3. The molecule has 3 amide bonds. The van der Waals surface area contributed by atoms with Gasteiger partial charge in [-0.1, -0.05) is 71.5 Å². The van der Waals surface area contributed by atoms with Gasteiger partial charge in [0.1, 0.15) is 0 Å². The molecule has 39 heavy (non-hydrogen) atoms. The number of urea groups is 1. The smallest absolute Gasteiger partial charge is 0.326 e. The zero-order valence-electron chi connectivity index (χ0n) is 21.8. The van der Waals surface area contributed by atoms with Gasteiger partial charge >= 0.3 is 6.03 Å². The van der Waals surface area contributed by atoms with Crippen molar-refractivity contribution < 1.29 is 9.59 Å². The molecule has 1 aliphatic carbocycles. The van der Waals surface area contributed by atoms with E-state index in [1.165, 1.54) is 37.7 Å². The van der Waals surface area contributed by atoms with Gasteiger partial charge in [0.2, 0.25) is 5.96 Å². The first-order valence-electron chi connectivity index (χ1n) is 12.9. The zero-order chi connectivity index (χ0) is 27.8. The van der Waals surface area contributed by atoms with Crippen LogP contribution in [0.2, 0.25) is 5.02 Å². The highest BCUT2D eigenvalue weighted by Crippen LogP contribution is 2.33. The van der Waals surface area contributed by atoms with Crippen LogP contribution in [-0.4, -0.2) is 17.9 Å². The molecule has 0 bridgehead atoms. The summed E-state index contributed by atoms with van der Waals surface area (Å²) in [6, 6.07) is 20.1. The molecule has 10 heteroatoms. The molecule has 0 radical (unpaired) electrons. The Hall–Kier alpha value is -4.24. The molecule has 202 valence electrons. The average molecular weight is 546 g/mol. The third-order valence-corrected chi connectivity index (χ3v) is 7.27. The summed E-state index contributed by atoms with van der Waals surface area (Å²) in [6.45, 7) is 2.18. The molecular weight excluding hydrogens is 514 g/mol. The number of nitrogens with one attached hydrogen (secondary N) is 1. The van der Waals surface area contributed by atoms with Crippen LogP contribution in [0.4, 0.5) is 16.2 Å². The lowest BCUT2D eigenvalue weighted by atomic mass is 9.84. The fraction of sp³-hybridized carbons (Fsp3) is 0.276. The molecule has 0 heterocycles. The lowest BCUT2D eigenvalue weighted by Gasteiger charge is -2.26. The molecule has 9 nitrogen and oxygen atoms in total. The maximum Gasteiger partial charge on any atom is 0.326 e. The third kappa shape index (κ3) is 7.42. The van der Waals surface area contributed by atoms with Crippen molar-refractivity contribution in [3.8, 4) is 0 Å². The van der Waals surface area contributed by atoms with E-state index >= 15 is 0 Å². The number of anilines is 2. The molecule has 3 aromatic rings. The number of carbonyl (C=O) groups excluding carboxylic acids is 2. The van der Waals surface area contributed by atoms with E-state index in [1.807, 2.05) is 31.2 Å². The van der Waals surface area contributed by atoms with Crippen LogP contribution >= 0.6 is 11.6 Å². The summed E-state index contributed by atoms with van der Waals surface area (Å²) in [5, 5.41) is 9.88. The van der Waals surface area contributed by atoms with Crippen molar-refractivity contribution in [2.45, 2.75) is 51.5 Å². The first-order valence-corrected chi connectivity index (χ1v) is 13.2. The van der Waals surface area contributed by atoms with Crippen molar-refractivity contribution in [1.82, 2.24) is 0 Å². The van der Waals surface area contributed by atoms with Crippen LogP contribution in [0.1, 0.15) is 65.1 Å². The molecule has 0 aromatic heterocycles. The van der Waals surface area contributed by atoms with E-state index in [0.29, 0.717) is 22.2 Å². The van der Waals surface area contributed by atoms with Crippen LogP contribution in [0, 0.1) is 6.92 Å². The number of benzene rings is 3. The van der Waals surface area contributed by atoms with Crippen molar-refractivity contribution >= 4 is 40.9 Å². The Balaban J connectivity index is 1.57. The number of carbonyl (C=O) groups is 2. The highest BCUT2D eigenvalue weighted by molar-refractivity contribution is 6.31. The van der Waals surface area contributed by atoms with Crippen LogP contribution in [-0.2, 0) is 6.54 Å². The van der Waals surface area contributed by atoms with Gasteiger partial charge in [0.25, 0.3) is 5.91 Å². The molecule has 0 aliphatic heterocycles. The van der Waals surface area contributed by atoms with E-state index in [0.717, 1.165) is 16.8 Å². The summed E-state index contributed by atoms with van der Waals surface area (Å²) < 4.78 is 0. The number of rotatable bonds is 6. The number of aryl methyl sites for hydroxylation is 1. The van der Waals surface area contributed by atoms with Gasteiger partial charge < -0.3 is 16.9 Å². The number of nitrogens with zero attached hydrogens (tertiary/aromatic N) is 4. The molecule has 1 saturated carbocycles. The van der Waals surface area contributed by atoms with Gasteiger partial charge in [-0.15, -0.1) is 0 Å². The van der Waals surface area contributed by atoms with E-state index in [-0.39, 0.29) is 18.5 Å². The summed E-state index contributed by atoms with van der Waals surface area (Å²) in [5.74, 6) is 4.60. The summed E-state index contributed by atoms with van der Waals surface area (Å²) in [6.07, 6.45) is 6.22.